The van der Waals surface area contributed by atoms with Gasteiger partial charge in [-0.3, -0.25) is 24.1 Å². The van der Waals surface area contributed by atoms with Crippen LogP contribution < -0.4 is 10.1 Å². The lowest BCUT2D eigenvalue weighted by molar-refractivity contribution is -0.146. The Morgan fingerprint density at radius 2 is 1.84 bits per heavy atom. The van der Waals surface area contributed by atoms with Crippen LogP contribution in [-0.2, 0) is 23.9 Å². The van der Waals surface area contributed by atoms with Crippen molar-refractivity contribution in [1.29, 1.82) is 0 Å². The second kappa shape index (κ2) is 8.53. The summed E-state index contributed by atoms with van der Waals surface area (Å²) >= 11 is 0. The third kappa shape index (κ3) is 3.94. The number of nitrogens with zero attached hydrogens (tertiary/aromatic N) is 1. The number of imide groups is 1. The summed E-state index contributed by atoms with van der Waals surface area (Å²) in [5.41, 5.74) is 0.666. The third-order valence-electron chi connectivity index (χ3n) is 6.37. The van der Waals surface area contributed by atoms with Gasteiger partial charge in [-0.05, 0) is 42.9 Å². The van der Waals surface area contributed by atoms with Crippen LogP contribution in [0, 0.1) is 23.7 Å². The van der Waals surface area contributed by atoms with E-state index in [9.17, 15) is 19.2 Å². The number of esters is 1. The lowest BCUT2D eigenvalue weighted by Gasteiger charge is -2.22. The van der Waals surface area contributed by atoms with Crippen LogP contribution >= 0.6 is 0 Å². The van der Waals surface area contributed by atoms with E-state index < -0.39 is 17.9 Å². The fourth-order valence-electron chi connectivity index (χ4n) is 5.00. The summed E-state index contributed by atoms with van der Waals surface area (Å²) < 4.78 is 10.3. The average molecular weight is 426 g/mol. The molecule has 2 bridgehead atoms. The molecule has 1 aromatic carbocycles. The topological polar surface area (TPSA) is 102 Å². The lowest BCUT2D eigenvalue weighted by atomic mass is 9.85. The Morgan fingerprint density at radius 1 is 1.16 bits per heavy atom. The zero-order valence-electron chi connectivity index (χ0n) is 17.6. The summed E-state index contributed by atoms with van der Waals surface area (Å²) in [6.07, 6.45) is 4.79. The van der Waals surface area contributed by atoms with Crippen LogP contribution in [0.1, 0.15) is 31.4 Å². The molecule has 1 saturated carbocycles. The highest BCUT2D eigenvalue weighted by Crippen LogP contribution is 2.52. The number of hydrogen-bond donors (Lipinski definition) is 1. The summed E-state index contributed by atoms with van der Waals surface area (Å²) in [6.45, 7) is 1.58. The van der Waals surface area contributed by atoms with Gasteiger partial charge in [0.05, 0.1) is 38.0 Å². The fraction of sp³-hybridized carbons (Fsp3) is 0.478. The minimum atomic E-state index is -0.674. The molecule has 1 aliphatic heterocycles. The molecule has 0 spiro atoms. The van der Waals surface area contributed by atoms with E-state index >= 15 is 0 Å². The van der Waals surface area contributed by atoms with Gasteiger partial charge < -0.3 is 14.8 Å². The molecular formula is C23H26N2O6. The van der Waals surface area contributed by atoms with E-state index in [0.717, 1.165) is 11.3 Å². The summed E-state index contributed by atoms with van der Waals surface area (Å²) in [5, 5.41) is 2.79. The molecule has 5 atom stereocenters. The monoisotopic (exact) mass is 426 g/mol. The van der Waals surface area contributed by atoms with Gasteiger partial charge in [0.2, 0.25) is 17.7 Å². The SMILES string of the molecule is CCOC(=O)CC(NC(=O)CN1C(=O)C2C3C=CC(C3)C2C1=O)c1cccc(OC)c1. The lowest BCUT2D eigenvalue weighted by Crippen LogP contribution is -2.43. The van der Waals surface area contributed by atoms with E-state index in [1.165, 1.54) is 7.11 Å². The Bertz CT molecular complexity index is 912. The number of nitrogens with one attached hydrogen (secondary N) is 1. The molecule has 5 unspecified atom stereocenters. The van der Waals surface area contributed by atoms with Crippen molar-refractivity contribution in [3.63, 3.8) is 0 Å². The van der Waals surface area contributed by atoms with Crippen molar-refractivity contribution in [3.8, 4) is 5.75 Å². The van der Waals surface area contributed by atoms with Gasteiger partial charge >= 0.3 is 5.97 Å². The smallest absolute Gasteiger partial charge is 0.308 e. The minimum Gasteiger partial charge on any atom is -0.497 e. The van der Waals surface area contributed by atoms with Gasteiger partial charge in [-0.25, -0.2) is 0 Å². The van der Waals surface area contributed by atoms with Crippen molar-refractivity contribution in [2.75, 3.05) is 20.3 Å². The van der Waals surface area contributed by atoms with Crippen molar-refractivity contribution >= 4 is 23.7 Å². The maximum absolute atomic E-state index is 12.8. The van der Waals surface area contributed by atoms with Crippen LogP contribution in [0.5, 0.6) is 5.75 Å². The van der Waals surface area contributed by atoms with Crippen LogP contribution in [-0.4, -0.2) is 48.9 Å². The number of benzene rings is 1. The Labute approximate surface area is 180 Å². The van der Waals surface area contributed by atoms with Crippen molar-refractivity contribution < 1.29 is 28.7 Å². The summed E-state index contributed by atoms with van der Waals surface area (Å²) in [5.74, 6) is -1.43. The molecule has 1 heterocycles. The van der Waals surface area contributed by atoms with E-state index in [-0.39, 0.29) is 55.1 Å². The maximum atomic E-state index is 12.8. The Morgan fingerprint density at radius 3 is 2.45 bits per heavy atom. The molecular weight excluding hydrogens is 400 g/mol. The number of fused-ring (bicyclic) bond motifs is 5. The predicted octanol–water partition coefficient (Wildman–Crippen LogP) is 1.61. The van der Waals surface area contributed by atoms with Gasteiger partial charge in [0.15, 0.2) is 0 Å². The molecule has 4 rings (SSSR count). The molecule has 8 nitrogen and oxygen atoms in total. The van der Waals surface area contributed by atoms with Crippen molar-refractivity contribution in [3.05, 3.63) is 42.0 Å². The van der Waals surface area contributed by atoms with E-state index in [1.54, 1.807) is 31.2 Å². The zero-order valence-corrected chi connectivity index (χ0v) is 17.6. The highest BCUT2D eigenvalue weighted by Gasteiger charge is 2.59. The summed E-state index contributed by atoms with van der Waals surface area (Å²) in [7, 11) is 1.53. The molecule has 164 valence electrons. The molecule has 31 heavy (non-hydrogen) atoms. The number of likely N-dealkylation sites (tertiary alicyclic amines) is 1. The highest BCUT2D eigenvalue weighted by atomic mass is 16.5. The molecule has 1 aromatic rings. The Hall–Kier alpha value is -3.16. The molecule has 2 aliphatic carbocycles. The molecule has 3 aliphatic rings. The van der Waals surface area contributed by atoms with Gasteiger partial charge in [0.25, 0.3) is 0 Å². The molecule has 8 heteroatoms. The van der Waals surface area contributed by atoms with Gasteiger partial charge in [0, 0.05) is 0 Å². The van der Waals surface area contributed by atoms with E-state index in [1.807, 2.05) is 12.2 Å². The van der Waals surface area contributed by atoms with Crippen LogP contribution in [0.25, 0.3) is 0 Å². The van der Waals surface area contributed by atoms with E-state index in [4.69, 9.17) is 9.47 Å². The second-order valence-corrected chi connectivity index (χ2v) is 8.17. The fourth-order valence-corrected chi connectivity index (χ4v) is 5.00. The van der Waals surface area contributed by atoms with Crippen LogP contribution in [0.15, 0.2) is 36.4 Å². The number of rotatable bonds is 8. The number of methoxy groups -OCH3 is 1. The summed E-state index contributed by atoms with van der Waals surface area (Å²) in [4.78, 5) is 51.6. The molecule has 1 saturated heterocycles. The first-order chi connectivity index (χ1) is 14.9. The van der Waals surface area contributed by atoms with E-state index in [2.05, 4.69) is 5.32 Å². The van der Waals surface area contributed by atoms with Gasteiger partial charge in [0.1, 0.15) is 12.3 Å². The van der Waals surface area contributed by atoms with Gasteiger partial charge in [-0.2, -0.15) is 0 Å². The first-order valence-electron chi connectivity index (χ1n) is 10.6. The van der Waals surface area contributed by atoms with Crippen molar-refractivity contribution in [2.24, 2.45) is 23.7 Å². The quantitative estimate of drug-likeness (QED) is 0.385. The van der Waals surface area contributed by atoms with Crippen LogP contribution in [0.3, 0.4) is 0 Å². The van der Waals surface area contributed by atoms with Crippen LogP contribution in [0.2, 0.25) is 0 Å². The minimum absolute atomic E-state index is 0.0754. The van der Waals surface area contributed by atoms with E-state index in [0.29, 0.717) is 11.3 Å². The molecule has 3 amide bonds. The molecule has 2 fully saturated rings. The van der Waals surface area contributed by atoms with Crippen LogP contribution in [0.4, 0.5) is 0 Å². The number of carbonyl (C=O) groups excluding carboxylic acids is 4. The van der Waals surface area contributed by atoms with Gasteiger partial charge in [-0.15, -0.1) is 0 Å². The number of allylic oxidation sites excluding steroid dienone is 2. The number of ether oxygens (including phenoxy) is 2. The Balaban J connectivity index is 1.46. The third-order valence-corrected chi connectivity index (χ3v) is 6.37. The normalized spacial score (nSPS) is 26.7. The first-order valence-corrected chi connectivity index (χ1v) is 10.6. The molecule has 0 radical (unpaired) electrons. The summed E-state index contributed by atoms with van der Waals surface area (Å²) in [6, 6.07) is 6.34. The maximum Gasteiger partial charge on any atom is 0.308 e. The second-order valence-electron chi connectivity index (χ2n) is 8.17. The molecule has 1 N–H and O–H groups in total. The Kier molecular flexibility index (Phi) is 5.80. The molecule has 0 aromatic heterocycles. The number of hydrogen-bond acceptors (Lipinski definition) is 6. The van der Waals surface area contributed by atoms with Crippen molar-refractivity contribution in [1.82, 2.24) is 10.2 Å². The number of amides is 3. The van der Waals surface area contributed by atoms with Crippen molar-refractivity contribution in [2.45, 2.75) is 25.8 Å². The zero-order chi connectivity index (χ0) is 22.1. The van der Waals surface area contributed by atoms with Gasteiger partial charge in [-0.1, -0.05) is 24.3 Å². The average Bonchev–Trinajstić information content (AvgIpc) is 3.44. The number of carbonyl (C=O) groups is 4. The largest absolute Gasteiger partial charge is 0.497 e. The predicted molar refractivity (Wildman–Crippen MR) is 110 cm³/mol. The highest BCUT2D eigenvalue weighted by molar-refractivity contribution is 6.08. The standard InChI is InChI=1S/C23H26N2O6/c1-3-31-19(27)11-17(13-5-4-6-16(10-13)30-2)24-18(26)12-25-22(28)20-14-7-8-15(9-14)21(20)23(25)29/h4-8,10,14-15,17,20-21H,3,9,11-12H2,1-2H3,(H,24,26). The first kappa shape index (κ1) is 21.1.